The molecule has 262 valence electrons. The van der Waals surface area contributed by atoms with Crippen LogP contribution in [0.4, 0.5) is 0 Å². The number of benzene rings is 4. The third-order valence-corrected chi connectivity index (χ3v) is 10.3. The lowest BCUT2D eigenvalue weighted by molar-refractivity contribution is -0.175. The first-order chi connectivity index (χ1) is 23.4. The van der Waals surface area contributed by atoms with Gasteiger partial charge in [-0.15, -0.1) is 0 Å². The van der Waals surface area contributed by atoms with Crippen molar-refractivity contribution >= 4 is 23.9 Å². The zero-order chi connectivity index (χ0) is 37.2. The maximum atomic E-state index is 14.6. The van der Waals surface area contributed by atoms with E-state index in [1.54, 1.807) is 76.2 Å². The van der Waals surface area contributed by atoms with Crippen LogP contribution in [0.2, 0.25) is 0 Å². The second kappa shape index (κ2) is 14.7. The molecule has 4 aromatic rings. The van der Waals surface area contributed by atoms with Crippen LogP contribution in [0.5, 0.6) is 23.0 Å². The van der Waals surface area contributed by atoms with Gasteiger partial charge in [0.2, 0.25) is 0 Å². The molecule has 0 spiro atoms. The van der Waals surface area contributed by atoms with Crippen LogP contribution >= 0.6 is 0 Å². The topological polar surface area (TPSA) is 105 Å². The van der Waals surface area contributed by atoms with Gasteiger partial charge in [-0.05, 0) is 174 Å². The summed E-state index contributed by atoms with van der Waals surface area (Å²) in [6.45, 7) is 22.2. The molecule has 0 radical (unpaired) electrons. The van der Waals surface area contributed by atoms with Gasteiger partial charge in [-0.3, -0.25) is 4.79 Å². The van der Waals surface area contributed by atoms with Crippen LogP contribution in [-0.2, 0) is 19.2 Å². The first-order valence-electron chi connectivity index (χ1n) is 16.5. The minimum atomic E-state index is -2.94. The SMILES string of the molecule is Cc1ccc(OC(=O)CC(C(=O)Oc2ccc(C)c(C)c2C)(C(=O)Oc2ccc(C)c(C)c2C)C(=O)Oc2ccc(C)c(C)c2C)c(C)c1C. The Hall–Kier alpha value is -5.24. The minimum absolute atomic E-state index is 0.117. The normalized spacial score (nSPS) is 11.2. The van der Waals surface area contributed by atoms with E-state index in [9.17, 15) is 19.2 Å². The highest BCUT2D eigenvalue weighted by Crippen LogP contribution is 2.36. The Bertz CT molecular complexity index is 1860. The summed E-state index contributed by atoms with van der Waals surface area (Å²) in [7, 11) is 0. The van der Waals surface area contributed by atoms with E-state index in [0.717, 1.165) is 44.5 Å². The summed E-state index contributed by atoms with van der Waals surface area (Å²) < 4.78 is 23.4. The first kappa shape index (κ1) is 37.6. The average molecular weight is 679 g/mol. The Morgan fingerprint density at radius 3 is 0.880 bits per heavy atom. The van der Waals surface area contributed by atoms with Gasteiger partial charge in [-0.2, -0.15) is 0 Å². The van der Waals surface area contributed by atoms with Gasteiger partial charge >= 0.3 is 23.9 Å². The van der Waals surface area contributed by atoms with Crippen LogP contribution in [0.3, 0.4) is 0 Å². The van der Waals surface area contributed by atoms with Gasteiger partial charge < -0.3 is 18.9 Å². The minimum Gasteiger partial charge on any atom is -0.426 e. The zero-order valence-electron chi connectivity index (χ0n) is 31.1. The van der Waals surface area contributed by atoms with E-state index in [0.29, 0.717) is 22.3 Å². The predicted octanol–water partition coefficient (Wildman–Crippen LogP) is 8.49. The molecular formula is C42H46O8. The zero-order valence-corrected chi connectivity index (χ0v) is 31.1. The van der Waals surface area contributed by atoms with Gasteiger partial charge in [-0.1, -0.05) is 24.3 Å². The summed E-state index contributed by atoms with van der Waals surface area (Å²) in [5.74, 6) is -4.47. The van der Waals surface area contributed by atoms with Gasteiger partial charge in [-0.25, -0.2) is 14.4 Å². The van der Waals surface area contributed by atoms with E-state index in [1.807, 2.05) is 55.4 Å². The highest BCUT2D eigenvalue weighted by molar-refractivity contribution is 6.21. The van der Waals surface area contributed by atoms with Crippen molar-refractivity contribution in [3.8, 4) is 23.0 Å². The number of rotatable bonds is 9. The summed E-state index contributed by atoms with van der Waals surface area (Å²) in [6, 6.07) is 13.4. The van der Waals surface area contributed by atoms with Crippen LogP contribution in [-0.4, -0.2) is 23.9 Å². The van der Waals surface area contributed by atoms with E-state index >= 15 is 0 Å². The lowest BCUT2D eigenvalue weighted by Gasteiger charge is -2.28. The molecule has 4 aromatic carbocycles. The Kier molecular flexibility index (Phi) is 11.1. The van der Waals surface area contributed by atoms with Gasteiger partial charge in [0.15, 0.2) is 0 Å². The number of carbonyl (C=O) groups is 4. The Labute approximate surface area is 294 Å². The van der Waals surface area contributed by atoms with E-state index in [-0.39, 0.29) is 23.0 Å². The predicted molar refractivity (Wildman–Crippen MR) is 192 cm³/mol. The fourth-order valence-electron chi connectivity index (χ4n) is 5.57. The van der Waals surface area contributed by atoms with Gasteiger partial charge in [0.05, 0.1) is 6.42 Å². The van der Waals surface area contributed by atoms with Gasteiger partial charge in [0.25, 0.3) is 5.41 Å². The molecule has 8 heteroatoms. The molecule has 0 aromatic heterocycles. The maximum absolute atomic E-state index is 14.6. The monoisotopic (exact) mass is 678 g/mol. The summed E-state index contributed by atoms with van der Waals surface area (Å²) in [5.41, 5.74) is 6.94. The lowest BCUT2D eigenvalue weighted by Crippen LogP contribution is -2.54. The van der Waals surface area contributed by atoms with Gasteiger partial charge in [0, 0.05) is 0 Å². The van der Waals surface area contributed by atoms with Crippen LogP contribution in [0, 0.1) is 88.5 Å². The molecule has 0 N–H and O–H groups in total. The third-order valence-electron chi connectivity index (χ3n) is 10.3. The van der Waals surface area contributed by atoms with Crippen LogP contribution in [0.25, 0.3) is 0 Å². The molecule has 0 unspecified atom stereocenters. The van der Waals surface area contributed by atoms with Crippen molar-refractivity contribution in [1.82, 2.24) is 0 Å². The average Bonchev–Trinajstić information content (AvgIpc) is 3.07. The van der Waals surface area contributed by atoms with Gasteiger partial charge in [0.1, 0.15) is 23.0 Å². The molecule has 0 saturated carbocycles. The number of esters is 4. The number of hydrogen-bond donors (Lipinski definition) is 0. The van der Waals surface area contributed by atoms with Crippen molar-refractivity contribution in [2.45, 2.75) is 89.5 Å². The van der Waals surface area contributed by atoms with Crippen LogP contribution in [0.15, 0.2) is 48.5 Å². The molecular weight excluding hydrogens is 632 g/mol. The van der Waals surface area contributed by atoms with Crippen molar-refractivity contribution in [3.05, 3.63) is 115 Å². The third kappa shape index (κ3) is 7.20. The largest absolute Gasteiger partial charge is 0.426 e. The lowest BCUT2D eigenvalue weighted by atomic mass is 9.84. The smallest absolute Gasteiger partial charge is 0.341 e. The summed E-state index contributed by atoms with van der Waals surface area (Å²) in [4.78, 5) is 57.6. The summed E-state index contributed by atoms with van der Waals surface area (Å²) in [6.07, 6.45) is -1.06. The number of aryl methyl sites for hydroxylation is 4. The fraction of sp³-hybridized carbons (Fsp3) is 0.333. The molecule has 0 amide bonds. The molecule has 0 saturated heterocycles. The molecule has 0 fully saturated rings. The second-order valence-electron chi connectivity index (χ2n) is 13.2. The molecule has 0 atom stereocenters. The van der Waals surface area contributed by atoms with E-state index < -0.39 is 35.7 Å². The van der Waals surface area contributed by atoms with E-state index in [2.05, 4.69) is 0 Å². The molecule has 0 heterocycles. The Morgan fingerprint density at radius 1 is 0.380 bits per heavy atom. The fourth-order valence-corrected chi connectivity index (χ4v) is 5.57. The number of ether oxygens (including phenoxy) is 4. The van der Waals surface area contributed by atoms with Crippen molar-refractivity contribution in [2.24, 2.45) is 5.41 Å². The quantitative estimate of drug-likeness (QED) is 0.0986. The molecule has 4 rings (SSSR count). The number of carbonyl (C=O) groups excluding carboxylic acids is 4. The molecule has 0 aliphatic carbocycles. The van der Waals surface area contributed by atoms with Crippen molar-refractivity contribution in [2.75, 3.05) is 0 Å². The highest BCUT2D eigenvalue weighted by atomic mass is 16.6. The molecule has 0 bridgehead atoms. The Balaban J connectivity index is 1.92. The molecule has 0 aliphatic rings. The van der Waals surface area contributed by atoms with E-state index in [4.69, 9.17) is 18.9 Å². The molecule has 50 heavy (non-hydrogen) atoms. The van der Waals surface area contributed by atoms with Crippen molar-refractivity contribution in [3.63, 3.8) is 0 Å². The van der Waals surface area contributed by atoms with Crippen molar-refractivity contribution in [1.29, 1.82) is 0 Å². The second-order valence-corrected chi connectivity index (χ2v) is 13.2. The Morgan fingerprint density at radius 2 is 0.620 bits per heavy atom. The summed E-state index contributed by atoms with van der Waals surface area (Å²) >= 11 is 0. The first-order valence-corrected chi connectivity index (χ1v) is 16.5. The molecule has 8 nitrogen and oxygen atoms in total. The maximum Gasteiger partial charge on any atom is 0.341 e. The summed E-state index contributed by atoms with van der Waals surface area (Å²) in [5, 5.41) is 0. The van der Waals surface area contributed by atoms with Crippen molar-refractivity contribution < 1.29 is 38.1 Å². The molecule has 0 aliphatic heterocycles. The van der Waals surface area contributed by atoms with Crippen LogP contribution in [0.1, 0.15) is 73.2 Å². The highest BCUT2D eigenvalue weighted by Gasteiger charge is 2.60. The van der Waals surface area contributed by atoms with E-state index in [1.165, 1.54) is 0 Å². The standard InChI is InChI=1S/C42H46O8/c1-22-13-17-34(30(9)26(22)5)47-38(43)21-42(39(44)48-35-18-14-23(2)27(6)31(35)10,40(45)49-36-19-15-24(3)28(7)32(36)11)41(46)50-37-20-16-25(4)29(8)33(37)12/h13-20H,21H2,1-12H3. The van der Waals surface area contributed by atoms with Crippen LogP contribution < -0.4 is 18.9 Å². The number of hydrogen-bond acceptors (Lipinski definition) is 8.